The summed E-state index contributed by atoms with van der Waals surface area (Å²) < 4.78 is 28.7. The van der Waals surface area contributed by atoms with Gasteiger partial charge in [0.2, 0.25) is 10.0 Å². The predicted molar refractivity (Wildman–Crippen MR) is 124 cm³/mol. The molecule has 1 aliphatic heterocycles. The third-order valence-electron chi connectivity index (χ3n) is 6.68. The summed E-state index contributed by atoms with van der Waals surface area (Å²) in [6.45, 7) is 1.91. The van der Waals surface area contributed by atoms with Gasteiger partial charge in [-0.25, -0.2) is 13.1 Å². The van der Waals surface area contributed by atoms with Gasteiger partial charge in [0.15, 0.2) is 0 Å². The van der Waals surface area contributed by atoms with Crippen LogP contribution in [0.3, 0.4) is 0 Å². The third-order valence-corrected chi connectivity index (χ3v) is 8.42. The van der Waals surface area contributed by atoms with E-state index in [1.807, 2.05) is 12.1 Å². The van der Waals surface area contributed by atoms with Gasteiger partial charge >= 0.3 is 0 Å². The molecule has 0 radical (unpaired) electrons. The van der Waals surface area contributed by atoms with Crippen LogP contribution in [0, 0.1) is 16.0 Å². The predicted octanol–water partition coefficient (Wildman–Crippen LogP) is 4.40. The molecule has 4 rings (SSSR count). The molecule has 172 valence electrons. The summed E-state index contributed by atoms with van der Waals surface area (Å²) in [5, 5.41) is 11.8. The van der Waals surface area contributed by atoms with E-state index in [-0.39, 0.29) is 22.7 Å². The Morgan fingerprint density at radius 2 is 1.78 bits per heavy atom. The molecule has 9 heteroatoms. The molecule has 2 aliphatic rings. The van der Waals surface area contributed by atoms with E-state index >= 15 is 0 Å². The van der Waals surface area contributed by atoms with Crippen LogP contribution in [0.25, 0.3) is 0 Å². The van der Waals surface area contributed by atoms with Gasteiger partial charge in [-0.05, 0) is 74.9 Å². The van der Waals surface area contributed by atoms with Crippen molar-refractivity contribution in [2.45, 2.75) is 55.5 Å². The highest BCUT2D eigenvalue weighted by Crippen LogP contribution is 2.31. The van der Waals surface area contributed by atoms with E-state index in [1.165, 1.54) is 23.8 Å². The first kappa shape index (κ1) is 23.2. The number of nitro benzene ring substituents is 1. The Kier molecular flexibility index (Phi) is 7.14. The van der Waals surface area contributed by atoms with Crippen molar-refractivity contribution in [1.82, 2.24) is 9.62 Å². The van der Waals surface area contributed by atoms with Crippen LogP contribution >= 0.6 is 11.6 Å². The molecule has 0 aromatic heterocycles. The fourth-order valence-electron chi connectivity index (χ4n) is 4.99. The minimum absolute atomic E-state index is 0.0565. The first-order chi connectivity index (χ1) is 15.3. The van der Waals surface area contributed by atoms with Crippen LogP contribution in [0.2, 0.25) is 5.02 Å². The lowest BCUT2D eigenvalue weighted by Crippen LogP contribution is -2.51. The number of hydrogen-bond donors (Lipinski definition) is 1. The van der Waals surface area contributed by atoms with Gasteiger partial charge in [-0.15, -0.1) is 0 Å². The minimum Gasteiger partial charge on any atom is -0.299 e. The van der Waals surface area contributed by atoms with Crippen LogP contribution in [-0.4, -0.2) is 43.4 Å². The van der Waals surface area contributed by atoms with E-state index in [0.717, 1.165) is 62.7 Å². The van der Waals surface area contributed by atoms with Crippen LogP contribution in [0.5, 0.6) is 0 Å². The highest BCUT2D eigenvalue weighted by molar-refractivity contribution is 7.89. The van der Waals surface area contributed by atoms with Crippen LogP contribution in [0.1, 0.15) is 37.7 Å². The maximum absolute atomic E-state index is 12.9. The molecule has 1 aliphatic carbocycles. The zero-order chi connectivity index (χ0) is 22.7. The number of likely N-dealkylation sites (tertiary alicyclic amines) is 1. The van der Waals surface area contributed by atoms with Crippen molar-refractivity contribution in [2.75, 3.05) is 13.1 Å². The average molecular weight is 478 g/mol. The number of piperidine rings is 1. The summed E-state index contributed by atoms with van der Waals surface area (Å²) in [4.78, 5) is 12.8. The number of nitrogens with one attached hydrogen (secondary N) is 1. The SMILES string of the molecule is O=[N+]([O-])c1cccc(S(=O)(=O)NC2CCCC2N2CCC(Cc3ccc(Cl)cc3)CC2)c1. The average Bonchev–Trinajstić information content (AvgIpc) is 3.23. The lowest BCUT2D eigenvalue weighted by Gasteiger charge is -2.38. The second-order valence-corrected chi connectivity index (χ2v) is 10.9. The quantitative estimate of drug-likeness (QED) is 0.471. The van der Waals surface area contributed by atoms with Crippen molar-refractivity contribution >= 4 is 27.3 Å². The van der Waals surface area contributed by atoms with Gasteiger partial charge in [-0.3, -0.25) is 15.0 Å². The third kappa shape index (κ3) is 5.49. The van der Waals surface area contributed by atoms with Crippen LogP contribution in [-0.2, 0) is 16.4 Å². The fourth-order valence-corrected chi connectivity index (χ4v) is 6.46. The first-order valence-corrected chi connectivity index (χ1v) is 12.9. The molecule has 1 N–H and O–H groups in total. The number of non-ortho nitro benzene ring substituents is 1. The molecular formula is C23H28ClN3O4S. The van der Waals surface area contributed by atoms with Crippen LogP contribution < -0.4 is 4.72 Å². The second-order valence-electron chi connectivity index (χ2n) is 8.79. The Morgan fingerprint density at radius 3 is 2.47 bits per heavy atom. The largest absolute Gasteiger partial charge is 0.299 e. The van der Waals surface area contributed by atoms with Gasteiger partial charge in [0.25, 0.3) is 5.69 Å². The number of hydrogen-bond acceptors (Lipinski definition) is 5. The van der Waals surface area contributed by atoms with E-state index < -0.39 is 14.9 Å². The Labute approximate surface area is 194 Å². The molecule has 1 saturated carbocycles. The van der Waals surface area contributed by atoms with Crippen molar-refractivity contribution in [3.05, 3.63) is 69.2 Å². The number of nitro groups is 1. The smallest absolute Gasteiger partial charge is 0.270 e. The Bertz CT molecular complexity index is 1050. The maximum Gasteiger partial charge on any atom is 0.270 e. The van der Waals surface area contributed by atoms with Gasteiger partial charge in [0.05, 0.1) is 9.82 Å². The van der Waals surface area contributed by atoms with Crippen LogP contribution in [0.4, 0.5) is 5.69 Å². The van der Waals surface area contributed by atoms with E-state index in [2.05, 4.69) is 21.8 Å². The zero-order valence-electron chi connectivity index (χ0n) is 17.8. The van der Waals surface area contributed by atoms with Crippen molar-refractivity contribution in [1.29, 1.82) is 0 Å². The van der Waals surface area contributed by atoms with E-state index in [9.17, 15) is 18.5 Å². The first-order valence-electron chi connectivity index (χ1n) is 11.1. The lowest BCUT2D eigenvalue weighted by molar-refractivity contribution is -0.385. The topological polar surface area (TPSA) is 92.5 Å². The molecule has 0 spiro atoms. The molecule has 2 unspecified atom stereocenters. The normalized spacial score (nSPS) is 22.8. The zero-order valence-corrected chi connectivity index (χ0v) is 19.4. The molecule has 1 saturated heterocycles. The van der Waals surface area contributed by atoms with E-state index in [0.29, 0.717) is 5.92 Å². The summed E-state index contributed by atoms with van der Waals surface area (Å²) in [6.07, 6.45) is 5.93. The molecular weight excluding hydrogens is 450 g/mol. The van der Waals surface area contributed by atoms with Crippen molar-refractivity contribution < 1.29 is 13.3 Å². The second kappa shape index (κ2) is 9.87. The summed E-state index contributed by atoms with van der Waals surface area (Å²) in [5.74, 6) is 0.619. The molecule has 0 amide bonds. The van der Waals surface area contributed by atoms with Gasteiger partial charge in [-0.2, -0.15) is 0 Å². The molecule has 2 atom stereocenters. The van der Waals surface area contributed by atoms with Crippen molar-refractivity contribution in [3.8, 4) is 0 Å². The fraction of sp³-hybridized carbons (Fsp3) is 0.478. The van der Waals surface area contributed by atoms with Gasteiger partial charge < -0.3 is 0 Å². The van der Waals surface area contributed by atoms with Crippen molar-refractivity contribution in [2.24, 2.45) is 5.92 Å². The van der Waals surface area contributed by atoms with E-state index in [1.54, 1.807) is 0 Å². The van der Waals surface area contributed by atoms with Crippen LogP contribution in [0.15, 0.2) is 53.4 Å². The summed E-state index contributed by atoms with van der Waals surface area (Å²) in [7, 11) is -3.82. The molecule has 2 aromatic rings. The highest BCUT2D eigenvalue weighted by atomic mass is 35.5. The molecule has 2 aromatic carbocycles. The summed E-state index contributed by atoms with van der Waals surface area (Å²) in [6, 6.07) is 13.3. The maximum atomic E-state index is 12.9. The van der Waals surface area contributed by atoms with Gasteiger partial charge in [-0.1, -0.05) is 36.2 Å². The monoisotopic (exact) mass is 477 g/mol. The Morgan fingerprint density at radius 1 is 1.06 bits per heavy atom. The van der Waals surface area contributed by atoms with Gasteiger partial charge in [0.1, 0.15) is 0 Å². The molecule has 32 heavy (non-hydrogen) atoms. The number of sulfonamides is 1. The number of nitrogens with zero attached hydrogens (tertiary/aromatic N) is 2. The number of rotatable bonds is 7. The highest BCUT2D eigenvalue weighted by Gasteiger charge is 2.36. The Balaban J connectivity index is 1.36. The summed E-state index contributed by atoms with van der Waals surface area (Å²) >= 11 is 5.98. The molecule has 7 nitrogen and oxygen atoms in total. The van der Waals surface area contributed by atoms with Crippen molar-refractivity contribution in [3.63, 3.8) is 0 Å². The number of benzene rings is 2. The summed E-state index contributed by atoms with van der Waals surface area (Å²) in [5.41, 5.74) is 1.08. The molecule has 2 fully saturated rings. The minimum atomic E-state index is -3.82. The standard InChI is InChI=1S/C23H28ClN3O4S/c24-19-9-7-17(8-10-19)15-18-11-13-26(14-12-18)23-6-2-5-22(23)25-32(30,31)21-4-1-3-20(16-21)27(28)29/h1,3-4,7-10,16,18,22-23,25H,2,5-6,11-15H2. The number of halogens is 1. The lowest BCUT2D eigenvalue weighted by atomic mass is 9.89. The Hall–Kier alpha value is -2.00. The molecule has 1 heterocycles. The van der Waals surface area contributed by atoms with Gasteiger partial charge in [0, 0.05) is 29.2 Å². The van der Waals surface area contributed by atoms with E-state index in [4.69, 9.17) is 11.6 Å². The molecule has 0 bridgehead atoms.